The highest BCUT2D eigenvalue weighted by atomic mass is 32.1. The Morgan fingerprint density at radius 2 is 1.73 bits per heavy atom. The summed E-state index contributed by atoms with van der Waals surface area (Å²) in [6.07, 6.45) is -0.875. The Morgan fingerprint density at radius 3 is 2.47 bits per heavy atom. The third kappa shape index (κ3) is 2.89. The van der Waals surface area contributed by atoms with E-state index in [9.17, 15) is 9.59 Å². The van der Waals surface area contributed by atoms with E-state index in [1.165, 1.54) is 4.90 Å². The highest BCUT2D eigenvalue weighted by Crippen LogP contribution is 2.49. The molecule has 2 amide bonds. The van der Waals surface area contributed by atoms with Crippen molar-refractivity contribution in [2.24, 2.45) is 5.92 Å². The van der Waals surface area contributed by atoms with Crippen LogP contribution in [0.1, 0.15) is 17.8 Å². The molecule has 0 radical (unpaired) electrons. The molecule has 5 rings (SSSR count). The molecule has 2 fully saturated rings. The average Bonchev–Trinajstić information content (AvgIpc) is 3.48. The molecule has 7 heteroatoms. The minimum absolute atomic E-state index is 0.269. The maximum absolute atomic E-state index is 13.6. The first-order valence-corrected chi connectivity index (χ1v) is 10.7. The van der Waals surface area contributed by atoms with Crippen LogP contribution >= 0.6 is 11.3 Å². The van der Waals surface area contributed by atoms with Crippen molar-refractivity contribution in [2.75, 3.05) is 16.6 Å². The minimum Gasteiger partial charge on any atom is -0.492 e. The topological polar surface area (TPSA) is 59.1 Å². The molecule has 152 valence electrons. The van der Waals surface area contributed by atoms with Crippen LogP contribution in [0.3, 0.4) is 0 Å². The Morgan fingerprint density at radius 1 is 0.967 bits per heavy atom. The van der Waals surface area contributed by atoms with Crippen LogP contribution in [0.5, 0.6) is 5.75 Å². The van der Waals surface area contributed by atoms with E-state index < -0.39 is 12.0 Å². The fourth-order valence-corrected chi connectivity index (χ4v) is 4.97. The van der Waals surface area contributed by atoms with Crippen molar-refractivity contribution in [3.8, 4) is 5.75 Å². The van der Waals surface area contributed by atoms with Crippen LogP contribution in [0, 0.1) is 5.92 Å². The Labute approximate surface area is 178 Å². The number of nitrogens with zero attached hydrogens (tertiary/aromatic N) is 2. The van der Waals surface area contributed by atoms with Gasteiger partial charge in [0.25, 0.3) is 5.91 Å². The number of para-hydroxylation sites is 3. The van der Waals surface area contributed by atoms with Gasteiger partial charge in [0, 0.05) is 4.88 Å². The lowest BCUT2D eigenvalue weighted by molar-refractivity contribution is -0.126. The predicted molar refractivity (Wildman–Crippen MR) is 114 cm³/mol. The van der Waals surface area contributed by atoms with E-state index in [1.54, 1.807) is 34.6 Å². The molecule has 3 aromatic rings. The summed E-state index contributed by atoms with van der Waals surface area (Å²) in [7, 11) is 0. The molecule has 3 heterocycles. The number of benzene rings is 2. The van der Waals surface area contributed by atoms with Crippen molar-refractivity contribution in [3.63, 3.8) is 0 Å². The van der Waals surface area contributed by atoms with Gasteiger partial charge in [0.15, 0.2) is 6.10 Å². The quantitative estimate of drug-likeness (QED) is 0.579. The first kappa shape index (κ1) is 18.8. The van der Waals surface area contributed by atoms with Gasteiger partial charge < -0.3 is 4.74 Å². The molecular weight excluding hydrogens is 400 g/mol. The lowest BCUT2D eigenvalue weighted by Crippen LogP contribution is -2.37. The maximum Gasteiger partial charge on any atom is 0.266 e. The number of ether oxygens (including phenoxy) is 1. The molecule has 6 nitrogen and oxygen atoms in total. The second-order valence-electron chi connectivity index (χ2n) is 7.09. The molecule has 0 N–H and O–H groups in total. The van der Waals surface area contributed by atoms with Gasteiger partial charge >= 0.3 is 0 Å². The van der Waals surface area contributed by atoms with Crippen molar-refractivity contribution in [2.45, 2.75) is 19.1 Å². The zero-order valence-corrected chi connectivity index (χ0v) is 17.1. The molecule has 2 aromatic carbocycles. The fourth-order valence-electron chi connectivity index (χ4n) is 4.12. The van der Waals surface area contributed by atoms with E-state index in [-0.39, 0.29) is 17.9 Å². The van der Waals surface area contributed by atoms with Crippen LogP contribution in [0.2, 0.25) is 0 Å². The third-order valence-corrected chi connectivity index (χ3v) is 6.31. The van der Waals surface area contributed by atoms with Crippen molar-refractivity contribution >= 4 is 34.5 Å². The molecule has 3 atom stereocenters. The molecule has 0 bridgehead atoms. The largest absolute Gasteiger partial charge is 0.492 e. The highest BCUT2D eigenvalue weighted by Gasteiger charge is 2.60. The summed E-state index contributed by atoms with van der Waals surface area (Å²) in [6.45, 7) is 2.31. The third-order valence-electron chi connectivity index (χ3n) is 5.37. The monoisotopic (exact) mass is 420 g/mol. The van der Waals surface area contributed by atoms with Crippen LogP contribution in [-0.2, 0) is 14.4 Å². The first-order chi connectivity index (χ1) is 14.7. The van der Waals surface area contributed by atoms with E-state index >= 15 is 0 Å². The average molecular weight is 420 g/mol. The molecule has 2 aliphatic rings. The smallest absolute Gasteiger partial charge is 0.266 e. The second kappa shape index (κ2) is 7.59. The summed E-state index contributed by atoms with van der Waals surface area (Å²) in [5.74, 6) is -0.758. The van der Waals surface area contributed by atoms with Gasteiger partial charge in [-0.25, -0.2) is 9.96 Å². The second-order valence-corrected chi connectivity index (χ2v) is 8.07. The normalized spacial score (nSPS) is 23.2. The van der Waals surface area contributed by atoms with Crippen molar-refractivity contribution < 1.29 is 19.2 Å². The number of fused-ring (bicyclic) bond motifs is 1. The number of carbonyl (C=O) groups excluding carboxylic acids is 2. The molecule has 0 aliphatic carbocycles. The summed E-state index contributed by atoms with van der Waals surface area (Å²) in [4.78, 5) is 35.3. The number of hydroxylamine groups is 1. The number of carbonyl (C=O) groups is 2. The van der Waals surface area contributed by atoms with Crippen molar-refractivity contribution in [1.29, 1.82) is 0 Å². The van der Waals surface area contributed by atoms with E-state index in [1.807, 2.05) is 60.8 Å². The summed E-state index contributed by atoms with van der Waals surface area (Å²) in [5, 5.41) is 3.68. The SMILES string of the molecule is CCOc1ccccc1N1C(=O)[C@H]2[C@@H](ON(c3ccccc3)[C@H]2c2cccs2)C1=O. The van der Waals surface area contributed by atoms with Gasteiger partial charge in [-0.3, -0.25) is 14.4 Å². The molecule has 30 heavy (non-hydrogen) atoms. The number of hydrogen-bond acceptors (Lipinski definition) is 6. The van der Waals surface area contributed by atoms with E-state index in [2.05, 4.69) is 0 Å². The number of hydrogen-bond donors (Lipinski definition) is 0. The highest BCUT2D eigenvalue weighted by molar-refractivity contribution is 7.10. The van der Waals surface area contributed by atoms with Crippen LogP contribution in [0.4, 0.5) is 11.4 Å². The van der Waals surface area contributed by atoms with Crippen molar-refractivity contribution in [1.82, 2.24) is 0 Å². The lowest BCUT2D eigenvalue weighted by Gasteiger charge is -2.28. The number of rotatable bonds is 5. The standard InChI is InChI=1S/C23H20N2O4S/c1-2-28-17-12-7-6-11-16(17)24-22(26)19-20(18-13-8-14-30-18)25(29-21(19)23(24)27)15-9-4-3-5-10-15/h3-14,19-21H,2H2,1H3/t19-,20+,21-/m1/s1. The van der Waals surface area contributed by atoms with Crippen LogP contribution in [0.15, 0.2) is 72.1 Å². The van der Waals surface area contributed by atoms with Crippen LogP contribution in [0.25, 0.3) is 0 Å². The van der Waals surface area contributed by atoms with Crippen molar-refractivity contribution in [3.05, 3.63) is 77.0 Å². The summed E-state index contributed by atoms with van der Waals surface area (Å²) in [5.41, 5.74) is 1.27. The number of imide groups is 1. The Kier molecular flexibility index (Phi) is 4.77. The fraction of sp³-hybridized carbons (Fsp3) is 0.217. The molecule has 0 spiro atoms. The molecule has 0 unspecified atom stereocenters. The molecule has 1 aromatic heterocycles. The Balaban J connectivity index is 1.56. The molecule has 0 saturated carbocycles. The van der Waals surface area contributed by atoms with Gasteiger partial charge in [0.1, 0.15) is 17.7 Å². The number of anilines is 2. The van der Waals surface area contributed by atoms with Gasteiger partial charge in [-0.1, -0.05) is 36.4 Å². The summed E-state index contributed by atoms with van der Waals surface area (Å²) >= 11 is 1.55. The lowest BCUT2D eigenvalue weighted by atomic mass is 9.95. The van der Waals surface area contributed by atoms with E-state index in [0.717, 1.165) is 10.6 Å². The van der Waals surface area contributed by atoms with E-state index in [4.69, 9.17) is 9.57 Å². The minimum atomic E-state index is -0.875. The zero-order chi connectivity index (χ0) is 20.7. The van der Waals surface area contributed by atoms with Crippen LogP contribution in [-0.4, -0.2) is 24.5 Å². The molecule has 2 aliphatic heterocycles. The van der Waals surface area contributed by atoms with Gasteiger partial charge in [0.2, 0.25) is 5.91 Å². The van der Waals surface area contributed by atoms with E-state index in [0.29, 0.717) is 18.0 Å². The Hall–Kier alpha value is -3.16. The first-order valence-electron chi connectivity index (χ1n) is 9.84. The van der Waals surface area contributed by atoms with Gasteiger partial charge in [-0.15, -0.1) is 11.3 Å². The number of amides is 2. The predicted octanol–water partition coefficient (Wildman–Crippen LogP) is 4.20. The van der Waals surface area contributed by atoms with Gasteiger partial charge in [0.05, 0.1) is 18.0 Å². The Bertz CT molecular complexity index is 1070. The summed E-state index contributed by atoms with van der Waals surface area (Å²) in [6, 6.07) is 20.2. The molecule has 2 saturated heterocycles. The van der Waals surface area contributed by atoms with Gasteiger partial charge in [-0.05, 0) is 42.6 Å². The van der Waals surface area contributed by atoms with Crippen LogP contribution < -0.4 is 14.7 Å². The molecular formula is C23H20N2O4S. The van der Waals surface area contributed by atoms with Gasteiger partial charge in [-0.2, -0.15) is 0 Å². The summed E-state index contributed by atoms with van der Waals surface area (Å²) < 4.78 is 5.66. The zero-order valence-electron chi connectivity index (χ0n) is 16.3. The maximum atomic E-state index is 13.6. The number of thiophene rings is 1.